The number of thioether (sulfide) groups is 1. The van der Waals surface area contributed by atoms with E-state index in [-0.39, 0.29) is 5.91 Å². The highest BCUT2D eigenvalue weighted by Gasteiger charge is 2.04. The van der Waals surface area contributed by atoms with Crippen molar-refractivity contribution in [3.63, 3.8) is 0 Å². The Bertz CT molecular complexity index is 142. The molecule has 0 radical (unpaired) electrons. The highest BCUT2D eigenvalue weighted by atomic mass is 32.2. The molecule has 78 valence electrons. The average molecular weight is 204 g/mol. The quantitative estimate of drug-likeness (QED) is 0.604. The molecule has 0 saturated carbocycles. The molecule has 3 nitrogen and oxygen atoms in total. The SMILES string of the molecule is CSCCNC(=O)CCC(C)CN. The van der Waals surface area contributed by atoms with E-state index >= 15 is 0 Å². The largest absolute Gasteiger partial charge is 0.355 e. The molecule has 0 aliphatic heterocycles. The van der Waals surface area contributed by atoms with Gasteiger partial charge in [0.05, 0.1) is 0 Å². The predicted molar refractivity (Wildman–Crippen MR) is 58.8 cm³/mol. The molecule has 3 N–H and O–H groups in total. The van der Waals surface area contributed by atoms with Crippen molar-refractivity contribution in [2.75, 3.05) is 25.1 Å². The number of carbonyl (C=O) groups is 1. The first kappa shape index (κ1) is 12.8. The minimum Gasteiger partial charge on any atom is -0.355 e. The molecule has 0 aromatic carbocycles. The van der Waals surface area contributed by atoms with Crippen molar-refractivity contribution in [2.24, 2.45) is 11.7 Å². The first-order chi connectivity index (χ1) is 6.20. The Morgan fingerprint density at radius 1 is 1.62 bits per heavy atom. The third kappa shape index (κ3) is 8.12. The zero-order chi connectivity index (χ0) is 10.1. The molecular weight excluding hydrogens is 184 g/mol. The first-order valence-corrected chi connectivity index (χ1v) is 6.05. The van der Waals surface area contributed by atoms with Crippen LogP contribution >= 0.6 is 11.8 Å². The summed E-state index contributed by atoms with van der Waals surface area (Å²) < 4.78 is 0. The smallest absolute Gasteiger partial charge is 0.220 e. The molecule has 1 atom stereocenters. The topological polar surface area (TPSA) is 55.1 Å². The predicted octanol–water partition coefficient (Wildman–Crippen LogP) is 0.841. The summed E-state index contributed by atoms with van der Waals surface area (Å²) in [5.74, 6) is 1.58. The van der Waals surface area contributed by atoms with E-state index in [0.29, 0.717) is 18.9 Å². The van der Waals surface area contributed by atoms with Gasteiger partial charge in [-0.1, -0.05) is 6.92 Å². The Kier molecular flexibility index (Phi) is 8.24. The lowest BCUT2D eigenvalue weighted by Crippen LogP contribution is -2.26. The third-order valence-electron chi connectivity index (χ3n) is 1.89. The van der Waals surface area contributed by atoms with Crippen molar-refractivity contribution in [3.8, 4) is 0 Å². The van der Waals surface area contributed by atoms with E-state index in [9.17, 15) is 4.79 Å². The summed E-state index contributed by atoms with van der Waals surface area (Å²) in [5, 5.41) is 2.86. The molecular formula is C9H20N2OS. The molecule has 0 saturated heterocycles. The lowest BCUT2D eigenvalue weighted by Gasteiger charge is -2.07. The van der Waals surface area contributed by atoms with E-state index in [1.54, 1.807) is 11.8 Å². The third-order valence-corrected chi connectivity index (χ3v) is 2.51. The fourth-order valence-electron chi connectivity index (χ4n) is 0.876. The van der Waals surface area contributed by atoms with E-state index in [2.05, 4.69) is 12.2 Å². The highest BCUT2D eigenvalue weighted by molar-refractivity contribution is 7.98. The average Bonchev–Trinajstić information content (AvgIpc) is 2.14. The van der Waals surface area contributed by atoms with Gasteiger partial charge in [-0.25, -0.2) is 0 Å². The van der Waals surface area contributed by atoms with Crippen molar-refractivity contribution >= 4 is 17.7 Å². The van der Waals surface area contributed by atoms with E-state index in [0.717, 1.165) is 18.7 Å². The number of carbonyl (C=O) groups excluding carboxylic acids is 1. The van der Waals surface area contributed by atoms with Crippen LogP contribution < -0.4 is 11.1 Å². The minimum atomic E-state index is 0.148. The zero-order valence-electron chi connectivity index (χ0n) is 8.51. The van der Waals surface area contributed by atoms with Crippen LogP contribution in [0.1, 0.15) is 19.8 Å². The van der Waals surface area contributed by atoms with Gasteiger partial charge in [-0.2, -0.15) is 11.8 Å². The number of hydrogen-bond acceptors (Lipinski definition) is 3. The number of rotatable bonds is 7. The molecule has 0 aliphatic carbocycles. The Hall–Kier alpha value is -0.220. The highest BCUT2D eigenvalue weighted by Crippen LogP contribution is 2.02. The van der Waals surface area contributed by atoms with Crippen molar-refractivity contribution < 1.29 is 4.79 Å². The zero-order valence-corrected chi connectivity index (χ0v) is 9.32. The lowest BCUT2D eigenvalue weighted by molar-refractivity contribution is -0.121. The fraction of sp³-hybridized carbons (Fsp3) is 0.889. The number of nitrogens with one attached hydrogen (secondary N) is 1. The summed E-state index contributed by atoms with van der Waals surface area (Å²) in [4.78, 5) is 11.2. The van der Waals surface area contributed by atoms with Gasteiger partial charge in [0, 0.05) is 18.7 Å². The second kappa shape index (κ2) is 8.38. The molecule has 0 aromatic heterocycles. The number of nitrogens with two attached hydrogens (primary N) is 1. The van der Waals surface area contributed by atoms with E-state index in [1.807, 2.05) is 6.26 Å². The van der Waals surface area contributed by atoms with Crippen molar-refractivity contribution in [3.05, 3.63) is 0 Å². The standard InChI is InChI=1S/C9H20N2OS/c1-8(7-10)3-4-9(12)11-5-6-13-2/h8H,3-7,10H2,1-2H3,(H,11,12). The van der Waals surface area contributed by atoms with Crippen LogP contribution in [0.2, 0.25) is 0 Å². The Labute approximate surface area is 84.8 Å². The molecule has 1 unspecified atom stereocenters. The van der Waals surface area contributed by atoms with Crippen LogP contribution in [0, 0.1) is 5.92 Å². The Morgan fingerprint density at radius 3 is 2.85 bits per heavy atom. The summed E-state index contributed by atoms with van der Waals surface area (Å²) in [6.45, 7) is 3.50. The molecule has 0 rings (SSSR count). The Morgan fingerprint density at radius 2 is 2.31 bits per heavy atom. The second-order valence-corrected chi connectivity index (χ2v) is 4.21. The number of hydrogen-bond donors (Lipinski definition) is 2. The molecule has 0 aromatic rings. The van der Waals surface area contributed by atoms with Gasteiger partial charge in [0.1, 0.15) is 0 Å². The van der Waals surface area contributed by atoms with Gasteiger partial charge in [-0.15, -0.1) is 0 Å². The molecule has 0 spiro atoms. The molecule has 0 aliphatic rings. The summed E-state index contributed by atoms with van der Waals surface area (Å²) in [5.41, 5.74) is 5.44. The fourth-order valence-corrected chi connectivity index (χ4v) is 1.18. The molecule has 0 fully saturated rings. The van der Waals surface area contributed by atoms with E-state index in [1.165, 1.54) is 0 Å². The summed E-state index contributed by atoms with van der Waals surface area (Å²) >= 11 is 1.74. The summed E-state index contributed by atoms with van der Waals surface area (Å²) in [6.07, 6.45) is 3.52. The monoisotopic (exact) mass is 204 g/mol. The first-order valence-electron chi connectivity index (χ1n) is 4.66. The van der Waals surface area contributed by atoms with Crippen molar-refractivity contribution in [1.82, 2.24) is 5.32 Å². The minimum absolute atomic E-state index is 0.148. The summed E-state index contributed by atoms with van der Waals surface area (Å²) in [6, 6.07) is 0. The number of amides is 1. The molecule has 0 bridgehead atoms. The van der Waals surface area contributed by atoms with E-state index < -0.39 is 0 Å². The Balaban J connectivity index is 3.30. The van der Waals surface area contributed by atoms with Crippen LogP contribution in [-0.4, -0.2) is 31.0 Å². The molecule has 1 amide bonds. The maximum atomic E-state index is 11.2. The molecule has 13 heavy (non-hydrogen) atoms. The molecule has 4 heteroatoms. The van der Waals surface area contributed by atoms with Crippen LogP contribution in [0.4, 0.5) is 0 Å². The lowest BCUT2D eigenvalue weighted by atomic mass is 10.1. The van der Waals surface area contributed by atoms with Crippen LogP contribution in [0.5, 0.6) is 0 Å². The van der Waals surface area contributed by atoms with Crippen LogP contribution in [0.3, 0.4) is 0 Å². The van der Waals surface area contributed by atoms with Gasteiger partial charge in [-0.05, 0) is 25.1 Å². The normalized spacial score (nSPS) is 12.5. The van der Waals surface area contributed by atoms with Gasteiger partial charge < -0.3 is 11.1 Å². The van der Waals surface area contributed by atoms with Crippen LogP contribution in [0.25, 0.3) is 0 Å². The maximum Gasteiger partial charge on any atom is 0.220 e. The van der Waals surface area contributed by atoms with Crippen molar-refractivity contribution in [1.29, 1.82) is 0 Å². The van der Waals surface area contributed by atoms with Gasteiger partial charge in [0.2, 0.25) is 5.91 Å². The molecule has 0 heterocycles. The summed E-state index contributed by atoms with van der Waals surface area (Å²) in [7, 11) is 0. The second-order valence-electron chi connectivity index (χ2n) is 3.22. The van der Waals surface area contributed by atoms with Gasteiger partial charge >= 0.3 is 0 Å². The van der Waals surface area contributed by atoms with Gasteiger partial charge in [0.25, 0.3) is 0 Å². The van der Waals surface area contributed by atoms with Crippen LogP contribution in [-0.2, 0) is 4.79 Å². The van der Waals surface area contributed by atoms with E-state index in [4.69, 9.17) is 5.73 Å². The van der Waals surface area contributed by atoms with Gasteiger partial charge in [-0.3, -0.25) is 4.79 Å². The van der Waals surface area contributed by atoms with Gasteiger partial charge in [0.15, 0.2) is 0 Å². The van der Waals surface area contributed by atoms with Crippen LogP contribution in [0.15, 0.2) is 0 Å². The maximum absolute atomic E-state index is 11.2. The van der Waals surface area contributed by atoms with Crippen molar-refractivity contribution in [2.45, 2.75) is 19.8 Å².